The van der Waals surface area contributed by atoms with Crippen LogP contribution in [0.4, 0.5) is 0 Å². The lowest BCUT2D eigenvalue weighted by Crippen LogP contribution is -2.40. The van der Waals surface area contributed by atoms with E-state index >= 15 is 0 Å². The summed E-state index contributed by atoms with van der Waals surface area (Å²) in [5.74, 6) is -1.59. The maximum atomic E-state index is 11.5. The van der Waals surface area contributed by atoms with Crippen LogP contribution in [-0.2, 0) is 9.59 Å². The highest BCUT2D eigenvalue weighted by molar-refractivity contribution is 5.69. The average Bonchev–Trinajstić information content (AvgIpc) is 3.06. The number of aliphatic carboxylic acids is 2. The minimum atomic E-state index is -0.797. The van der Waals surface area contributed by atoms with Crippen molar-refractivity contribution >= 4 is 11.9 Å². The molecule has 0 saturated carbocycles. The van der Waals surface area contributed by atoms with Crippen molar-refractivity contribution < 1.29 is 19.8 Å². The summed E-state index contributed by atoms with van der Waals surface area (Å²) in [5, 5.41) is 18.9. The van der Waals surface area contributed by atoms with Gasteiger partial charge in [-0.05, 0) is 25.9 Å². The number of carboxylic acids is 2. The van der Waals surface area contributed by atoms with Crippen molar-refractivity contribution in [3.63, 3.8) is 0 Å². The second kappa shape index (κ2) is 38.7. The van der Waals surface area contributed by atoms with Crippen LogP contribution in [0.15, 0.2) is 0 Å². The first-order valence-electron chi connectivity index (χ1n) is 21.4. The molecule has 0 radical (unpaired) electrons. The molecule has 0 aromatic heterocycles. The lowest BCUT2D eigenvalue weighted by atomic mass is 10.0. The van der Waals surface area contributed by atoms with Gasteiger partial charge in [0.05, 0.1) is 13.1 Å². The molecule has 0 bridgehead atoms. The number of hydrogen-bond donors (Lipinski definition) is 2. The third kappa shape index (κ3) is 37.7. The van der Waals surface area contributed by atoms with Gasteiger partial charge in [-0.3, -0.25) is 19.4 Å². The molecule has 0 aliphatic heterocycles. The van der Waals surface area contributed by atoms with Crippen LogP contribution < -0.4 is 0 Å². The molecule has 48 heavy (non-hydrogen) atoms. The number of rotatable bonds is 41. The van der Waals surface area contributed by atoms with Crippen LogP contribution in [0.5, 0.6) is 0 Å². The second-order valence-electron chi connectivity index (χ2n) is 14.9. The van der Waals surface area contributed by atoms with Gasteiger partial charge in [0.2, 0.25) is 0 Å². The molecule has 286 valence electrons. The Bertz CT molecular complexity index is 618. The first kappa shape index (κ1) is 46.9. The maximum Gasteiger partial charge on any atom is 0.317 e. The zero-order valence-corrected chi connectivity index (χ0v) is 32.5. The first-order valence-corrected chi connectivity index (χ1v) is 21.4. The quantitative estimate of drug-likeness (QED) is 0.0626. The molecule has 0 spiro atoms. The van der Waals surface area contributed by atoms with Gasteiger partial charge in [0, 0.05) is 13.1 Å². The van der Waals surface area contributed by atoms with Crippen LogP contribution in [0.1, 0.15) is 219 Å². The third-order valence-electron chi connectivity index (χ3n) is 10.1. The second-order valence-corrected chi connectivity index (χ2v) is 14.9. The summed E-state index contributed by atoms with van der Waals surface area (Å²) in [6.07, 6.45) is 42.6. The average molecular weight is 681 g/mol. The molecular weight excluding hydrogens is 596 g/mol. The van der Waals surface area contributed by atoms with E-state index in [0.29, 0.717) is 13.1 Å². The molecular formula is C42H84N2O4. The summed E-state index contributed by atoms with van der Waals surface area (Å²) >= 11 is 0. The molecule has 0 aromatic rings. The number of carbonyl (C=O) groups is 2. The highest BCUT2D eigenvalue weighted by Crippen LogP contribution is 2.15. The Hall–Kier alpha value is -1.14. The van der Waals surface area contributed by atoms with Crippen LogP contribution in [0.2, 0.25) is 0 Å². The van der Waals surface area contributed by atoms with E-state index in [1.165, 1.54) is 180 Å². The Labute approximate surface area is 299 Å². The third-order valence-corrected chi connectivity index (χ3v) is 10.1. The molecule has 0 heterocycles. The summed E-state index contributed by atoms with van der Waals surface area (Å²) in [5.41, 5.74) is 0. The highest BCUT2D eigenvalue weighted by Gasteiger charge is 2.14. The van der Waals surface area contributed by atoms with E-state index in [-0.39, 0.29) is 13.1 Å². The van der Waals surface area contributed by atoms with Crippen LogP contribution in [0, 0.1) is 0 Å². The van der Waals surface area contributed by atoms with Crippen molar-refractivity contribution in [2.75, 3.05) is 39.3 Å². The largest absolute Gasteiger partial charge is 0.480 e. The molecule has 0 aromatic carbocycles. The Morgan fingerprint density at radius 2 is 0.500 bits per heavy atom. The fourth-order valence-corrected chi connectivity index (χ4v) is 6.97. The standard InChI is InChI=1S/C42H84N2O4/c1-3-5-7-9-11-13-15-17-19-21-23-25-27-29-31-33-35-43(39-41(45)46)37-38-44(40-42(47)48)36-34-32-30-28-26-24-22-20-18-16-14-12-10-8-6-4-2/h3-40H2,1-2H3,(H,45,46)(H,47,48). The lowest BCUT2D eigenvalue weighted by Gasteiger charge is -2.26. The molecule has 0 saturated heterocycles. The van der Waals surface area contributed by atoms with Gasteiger partial charge >= 0.3 is 11.9 Å². The zero-order valence-electron chi connectivity index (χ0n) is 32.5. The van der Waals surface area contributed by atoms with Crippen LogP contribution >= 0.6 is 0 Å². The lowest BCUT2D eigenvalue weighted by molar-refractivity contribution is -0.140. The van der Waals surface area contributed by atoms with Crippen molar-refractivity contribution in [2.24, 2.45) is 0 Å². The van der Waals surface area contributed by atoms with Gasteiger partial charge in [-0.1, -0.05) is 206 Å². The van der Waals surface area contributed by atoms with E-state index < -0.39 is 11.9 Å². The number of carboxylic acid groups (broad SMARTS) is 2. The van der Waals surface area contributed by atoms with Crippen molar-refractivity contribution in [3.05, 3.63) is 0 Å². The van der Waals surface area contributed by atoms with Crippen LogP contribution in [-0.4, -0.2) is 71.2 Å². The van der Waals surface area contributed by atoms with Crippen LogP contribution in [0.25, 0.3) is 0 Å². The van der Waals surface area contributed by atoms with Gasteiger partial charge in [0.25, 0.3) is 0 Å². The smallest absolute Gasteiger partial charge is 0.317 e. The van der Waals surface area contributed by atoms with E-state index in [2.05, 4.69) is 13.8 Å². The predicted molar refractivity (Wildman–Crippen MR) is 207 cm³/mol. The Kier molecular flexibility index (Phi) is 37.7. The monoisotopic (exact) mass is 681 g/mol. The van der Waals surface area contributed by atoms with Gasteiger partial charge < -0.3 is 10.2 Å². The van der Waals surface area contributed by atoms with E-state index in [1.807, 2.05) is 9.80 Å². The Morgan fingerprint density at radius 3 is 0.688 bits per heavy atom. The van der Waals surface area contributed by atoms with Gasteiger partial charge in [-0.2, -0.15) is 0 Å². The zero-order chi connectivity index (χ0) is 35.2. The van der Waals surface area contributed by atoms with E-state index in [1.54, 1.807) is 0 Å². The fraction of sp³-hybridized carbons (Fsp3) is 0.952. The summed E-state index contributed by atoms with van der Waals surface area (Å²) in [6, 6.07) is 0. The van der Waals surface area contributed by atoms with Gasteiger partial charge in [-0.15, -0.1) is 0 Å². The molecule has 0 aliphatic carbocycles. The van der Waals surface area contributed by atoms with E-state index in [0.717, 1.165) is 38.8 Å². The molecule has 0 unspecified atom stereocenters. The number of unbranched alkanes of at least 4 members (excludes halogenated alkanes) is 30. The van der Waals surface area contributed by atoms with Crippen molar-refractivity contribution in [1.29, 1.82) is 0 Å². The maximum absolute atomic E-state index is 11.5. The SMILES string of the molecule is CCCCCCCCCCCCCCCCCCN(CCN(CCCCCCCCCCCCCCCCCC)CC(=O)O)CC(=O)O. The molecule has 6 heteroatoms. The van der Waals surface area contributed by atoms with Crippen molar-refractivity contribution in [2.45, 2.75) is 219 Å². The Morgan fingerprint density at radius 1 is 0.312 bits per heavy atom. The fourth-order valence-electron chi connectivity index (χ4n) is 6.97. The van der Waals surface area contributed by atoms with Crippen molar-refractivity contribution in [1.82, 2.24) is 9.80 Å². The van der Waals surface area contributed by atoms with Gasteiger partial charge in [0.15, 0.2) is 0 Å². The molecule has 0 fully saturated rings. The van der Waals surface area contributed by atoms with Gasteiger partial charge in [0.1, 0.15) is 0 Å². The van der Waals surface area contributed by atoms with Crippen molar-refractivity contribution in [3.8, 4) is 0 Å². The normalized spacial score (nSPS) is 11.7. The summed E-state index contributed by atoms with van der Waals surface area (Å²) < 4.78 is 0. The first-order chi connectivity index (χ1) is 23.5. The topological polar surface area (TPSA) is 81.1 Å². The Balaban J connectivity index is 3.89. The molecule has 0 atom stereocenters. The minimum Gasteiger partial charge on any atom is -0.480 e. The molecule has 0 amide bonds. The van der Waals surface area contributed by atoms with E-state index in [4.69, 9.17) is 0 Å². The van der Waals surface area contributed by atoms with E-state index in [9.17, 15) is 19.8 Å². The summed E-state index contributed by atoms with van der Waals surface area (Å²) in [7, 11) is 0. The predicted octanol–water partition coefficient (Wildman–Crippen LogP) is 12.3. The van der Waals surface area contributed by atoms with Gasteiger partial charge in [-0.25, -0.2) is 0 Å². The molecule has 6 nitrogen and oxygen atoms in total. The number of nitrogens with zero attached hydrogens (tertiary/aromatic N) is 2. The summed E-state index contributed by atoms with van der Waals surface area (Å²) in [4.78, 5) is 27.0. The molecule has 2 N–H and O–H groups in total. The minimum absolute atomic E-state index is 0.0404. The molecule has 0 rings (SSSR count). The number of hydrogen-bond acceptors (Lipinski definition) is 4. The molecule has 0 aliphatic rings. The summed E-state index contributed by atoms with van der Waals surface area (Å²) in [6.45, 7) is 7.45. The van der Waals surface area contributed by atoms with Crippen LogP contribution in [0.3, 0.4) is 0 Å². The highest BCUT2D eigenvalue weighted by atomic mass is 16.4.